The monoisotopic (exact) mass is 381 g/mol. The highest BCUT2D eigenvalue weighted by Crippen LogP contribution is 2.35. The number of ether oxygens (including phenoxy) is 1. The van der Waals surface area contributed by atoms with E-state index < -0.39 is 36.7 Å². The minimum Gasteiger partial charge on any atom is -0.394 e. The van der Waals surface area contributed by atoms with E-state index in [0.29, 0.717) is 19.0 Å². The first kappa shape index (κ1) is 18.1. The first-order valence-corrected chi connectivity index (χ1v) is 8.74. The Balaban J connectivity index is 1.86. The number of imidazole rings is 1. The lowest BCUT2D eigenvalue weighted by Crippen LogP contribution is -2.46. The molecule has 2 aliphatic heterocycles. The van der Waals surface area contributed by atoms with Crippen LogP contribution in [0.2, 0.25) is 0 Å². The molecule has 2 aliphatic rings. The van der Waals surface area contributed by atoms with Gasteiger partial charge in [-0.25, -0.2) is 4.98 Å². The number of rotatable bonds is 3. The first-order valence-electron chi connectivity index (χ1n) is 8.74. The molecule has 4 rings (SSSR count). The van der Waals surface area contributed by atoms with Gasteiger partial charge in [0.15, 0.2) is 17.4 Å². The molecule has 6 N–H and O–H groups in total. The number of anilines is 2. The number of aromatic amines is 1. The standard InChI is InChI=1S/C15H23N7O5/c1-20-2-4-21(5-3-20)15-17-8-11(18-14(16)19-12(8)26)22(15)13-10(25)9(24)7(6-23)27-13/h7,9-10,13,23-25H,2-6H2,1H3,(H3,16,18,19,26)/t7-,9+,10+,13+/m0/s1. The Kier molecular flexibility index (Phi) is 4.52. The molecule has 0 bridgehead atoms. The van der Waals surface area contributed by atoms with Gasteiger partial charge in [0.2, 0.25) is 11.9 Å². The number of H-pyrrole nitrogens is 1. The molecule has 0 radical (unpaired) electrons. The van der Waals surface area contributed by atoms with Crippen molar-refractivity contribution in [2.24, 2.45) is 0 Å². The van der Waals surface area contributed by atoms with E-state index in [2.05, 4.69) is 19.9 Å². The van der Waals surface area contributed by atoms with Crippen molar-refractivity contribution in [1.82, 2.24) is 24.4 Å². The number of aliphatic hydroxyl groups is 3. The molecule has 12 heteroatoms. The number of likely N-dealkylation sites (N-methyl/N-ethyl adjacent to an activating group) is 1. The minimum absolute atomic E-state index is 0.0656. The number of nitrogens with one attached hydrogen (secondary N) is 1. The zero-order chi connectivity index (χ0) is 19.3. The van der Waals surface area contributed by atoms with E-state index in [1.54, 1.807) is 0 Å². The lowest BCUT2D eigenvalue weighted by Gasteiger charge is -2.34. The van der Waals surface area contributed by atoms with Gasteiger partial charge in [0.1, 0.15) is 18.3 Å². The summed E-state index contributed by atoms with van der Waals surface area (Å²) in [5.74, 6) is 0.307. The number of aromatic nitrogens is 4. The molecule has 12 nitrogen and oxygen atoms in total. The van der Waals surface area contributed by atoms with Crippen molar-refractivity contribution in [3.8, 4) is 0 Å². The van der Waals surface area contributed by atoms with Gasteiger partial charge in [-0.1, -0.05) is 0 Å². The molecule has 0 amide bonds. The Morgan fingerprint density at radius 3 is 2.56 bits per heavy atom. The fraction of sp³-hybridized carbons (Fsp3) is 0.667. The molecule has 0 aliphatic carbocycles. The quantitative estimate of drug-likeness (QED) is 0.371. The Labute approximate surface area is 153 Å². The van der Waals surface area contributed by atoms with Gasteiger partial charge in [-0.2, -0.15) is 4.98 Å². The molecule has 4 atom stereocenters. The van der Waals surface area contributed by atoms with Gasteiger partial charge >= 0.3 is 0 Å². The molecule has 2 saturated heterocycles. The maximum atomic E-state index is 12.3. The molecular formula is C15H23N7O5. The van der Waals surface area contributed by atoms with E-state index in [1.165, 1.54) is 4.57 Å². The maximum absolute atomic E-state index is 12.3. The Bertz CT molecular complexity index is 891. The van der Waals surface area contributed by atoms with Crippen LogP contribution in [0.4, 0.5) is 11.9 Å². The average molecular weight is 381 g/mol. The third-order valence-corrected chi connectivity index (χ3v) is 5.11. The number of hydrogen-bond acceptors (Lipinski definition) is 10. The highest BCUT2D eigenvalue weighted by Gasteiger charge is 2.45. The fourth-order valence-corrected chi connectivity index (χ4v) is 3.55. The maximum Gasteiger partial charge on any atom is 0.280 e. The summed E-state index contributed by atoms with van der Waals surface area (Å²) in [6.45, 7) is 2.45. The summed E-state index contributed by atoms with van der Waals surface area (Å²) in [6.07, 6.45) is -4.63. The van der Waals surface area contributed by atoms with Crippen molar-refractivity contribution in [1.29, 1.82) is 0 Å². The Morgan fingerprint density at radius 2 is 1.93 bits per heavy atom. The fourth-order valence-electron chi connectivity index (χ4n) is 3.55. The van der Waals surface area contributed by atoms with Gasteiger partial charge < -0.3 is 35.6 Å². The molecule has 148 valence electrons. The van der Waals surface area contributed by atoms with Gasteiger partial charge in [0, 0.05) is 26.2 Å². The second-order valence-corrected chi connectivity index (χ2v) is 6.92. The van der Waals surface area contributed by atoms with Crippen molar-refractivity contribution in [3.63, 3.8) is 0 Å². The highest BCUT2D eigenvalue weighted by molar-refractivity contribution is 5.75. The number of nitrogens with two attached hydrogens (primary N) is 1. The smallest absolute Gasteiger partial charge is 0.280 e. The van der Waals surface area contributed by atoms with Crippen LogP contribution in [-0.2, 0) is 4.74 Å². The SMILES string of the molecule is CN1CCN(c2nc3c(=O)[nH]c(N)nc3n2[C@@H]2O[C@@H](CO)[C@@H](O)[C@H]2O)CC1. The van der Waals surface area contributed by atoms with Crippen molar-refractivity contribution in [2.75, 3.05) is 50.5 Å². The van der Waals surface area contributed by atoms with Gasteiger partial charge in [-0.15, -0.1) is 0 Å². The molecule has 0 unspecified atom stereocenters. The molecule has 2 fully saturated rings. The van der Waals surface area contributed by atoms with Crippen LogP contribution < -0.4 is 16.2 Å². The summed E-state index contributed by atoms with van der Waals surface area (Å²) in [4.78, 5) is 27.5. The van der Waals surface area contributed by atoms with E-state index in [0.717, 1.165) is 13.1 Å². The summed E-state index contributed by atoms with van der Waals surface area (Å²) in [7, 11) is 2.01. The third kappa shape index (κ3) is 2.95. The molecule has 0 aromatic carbocycles. The minimum atomic E-state index is -1.33. The number of piperazine rings is 1. The van der Waals surface area contributed by atoms with E-state index in [1.807, 2.05) is 11.9 Å². The van der Waals surface area contributed by atoms with Crippen LogP contribution in [0, 0.1) is 0 Å². The van der Waals surface area contributed by atoms with Crippen LogP contribution in [-0.4, -0.2) is 97.9 Å². The summed E-state index contributed by atoms with van der Waals surface area (Å²) in [5, 5.41) is 30.0. The van der Waals surface area contributed by atoms with Gasteiger partial charge in [0.25, 0.3) is 5.56 Å². The van der Waals surface area contributed by atoms with Crippen LogP contribution >= 0.6 is 0 Å². The molecule has 0 spiro atoms. The van der Waals surface area contributed by atoms with E-state index >= 15 is 0 Å². The number of nitrogens with zero attached hydrogens (tertiary/aromatic N) is 5. The topological polar surface area (TPSA) is 166 Å². The summed E-state index contributed by atoms with van der Waals surface area (Å²) in [5.41, 5.74) is 5.41. The molecule has 2 aromatic rings. The van der Waals surface area contributed by atoms with Crippen molar-refractivity contribution < 1.29 is 20.1 Å². The van der Waals surface area contributed by atoms with Crippen molar-refractivity contribution >= 4 is 23.1 Å². The number of hydrogen-bond donors (Lipinski definition) is 5. The zero-order valence-electron chi connectivity index (χ0n) is 14.8. The van der Waals surface area contributed by atoms with Gasteiger partial charge in [0.05, 0.1) is 6.61 Å². The normalized spacial score (nSPS) is 29.7. The predicted molar refractivity (Wildman–Crippen MR) is 95.3 cm³/mol. The molecule has 27 heavy (non-hydrogen) atoms. The van der Waals surface area contributed by atoms with E-state index in [4.69, 9.17) is 10.5 Å². The summed E-state index contributed by atoms with van der Waals surface area (Å²) < 4.78 is 7.14. The zero-order valence-corrected chi connectivity index (χ0v) is 14.8. The number of fused-ring (bicyclic) bond motifs is 1. The van der Waals surface area contributed by atoms with E-state index in [9.17, 15) is 20.1 Å². The Morgan fingerprint density at radius 1 is 1.22 bits per heavy atom. The van der Waals surface area contributed by atoms with Crippen LogP contribution in [0.5, 0.6) is 0 Å². The second kappa shape index (κ2) is 6.73. The molecule has 0 saturated carbocycles. The van der Waals surface area contributed by atoms with Gasteiger partial charge in [-0.3, -0.25) is 14.3 Å². The van der Waals surface area contributed by atoms with Gasteiger partial charge in [-0.05, 0) is 7.05 Å². The largest absolute Gasteiger partial charge is 0.394 e. The van der Waals surface area contributed by atoms with E-state index in [-0.39, 0.29) is 17.1 Å². The predicted octanol–water partition coefficient (Wildman–Crippen LogP) is -2.93. The number of nitrogen functional groups attached to an aromatic ring is 1. The highest BCUT2D eigenvalue weighted by atomic mass is 16.6. The molecule has 4 heterocycles. The molecular weight excluding hydrogens is 358 g/mol. The second-order valence-electron chi connectivity index (χ2n) is 6.92. The first-order chi connectivity index (χ1) is 12.9. The van der Waals surface area contributed by atoms with Crippen molar-refractivity contribution in [2.45, 2.75) is 24.5 Å². The van der Waals surface area contributed by atoms with Crippen LogP contribution in [0.15, 0.2) is 4.79 Å². The van der Waals surface area contributed by atoms with Crippen molar-refractivity contribution in [3.05, 3.63) is 10.4 Å². The average Bonchev–Trinajstić information content (AvgIpc) is 3.14. The lowest BCUT2D eigenvalue weighted by molar-refractivity contribution is -0.0505. The third-order valence-electron chi connectivity index (χ3n) is 5.11. The molecule has 2 aromatic heterocycles. The number of aliphatic hydroxyl groups excluding tert-OH is 3. The summed E-state index contributed by atoms with van der Waals surface area (Å²) >= 11 is 0. The van der Waals surface area contributed by atoms with Crippen LogP contribution in [0.1, 0.15) is 6.23 Å². The van der Waals surface area contributed by atoms with Crippen LogP contribution in [0.3, 0.4) is 0 Å². The summed E-state index contributed by atoms with van der Waals surface area (Å²) in [6, 6.07) is 0. The lowest BCUT2D eigenvalue weighted by atomic mass is 10.1. The van der Waals surface area contributed by atoms with Crippen LogP contribution in [0.25, 0.3) is 11.2 Å². The Hall–Kier alpha value is -2.25.